The first-order chi connectivity index (χ1) is 12.7. The normalized spacial score (nSPS) is 28.4. The number of likely N-dealkylation sites (tertiary alicyclic amines) is 1. The van der Waals surface area contributed by atoms with Crippen LogP contribution in [0.4, 0.5) is 0 Å². The third kappa shape index (κ3) is 3.88. The van der Waals surface area contributed by atoms with Gasteiger partial charge < -0.3 is 15.2 Å². The van der Waals surface area contributed by atoms with Gasteiger partial charge in [0.25, 0.3) is 0 Å². The van der Waals surface area contributed by atoms with Crippen LogP contribution in [0, 0.1) is 0 Å². The number of aliphatic hydroxyl groups excluding tert-OH is 1. The SMILES string of the molecule is CCc1nn(C)c(Cl)c1CN1CCC2(CC1)OCC[C@](C)(NC(C)=O)[C@H]2O. The second kappa shape index (κ2) is 7.70. The maximum Gasteiger partial charge on any atom is 0.217 e. The molecule has 0 saturated carbocycles. The standard InChI is InChI=1S/C19H31ClN4O3/c1-5-15-14(16(20)23(4)22-15)12-24-9-6-19(7-10-24)17(26)18(3,8-11-27-19)21-13(2)25/h17,26H,5-12H2,1-4H3,(H,21,25)/t17-,18+/m1/s1. The molecule has 0 aliphatic carbocycles. The fourth-order valence-corrected chi connectivity index (χ4v) is 4.77. The van der Waals surface area contributed by atoms with E-state index in [0.717, 1.165) is 50.2 Å². The number of piperidine rings is 1. The lowest BCUT2D eigenvalue weighted by molar-refractivity contribution is -0.208. The molecule has 2 aliphatic heterocycles. The molecule has 1 aromatic rings. The van der Waals surface area contributed by atoms with Crippen LogP contribution in [0.15, 0.2) is 0 Å². The summed E-state index contributed by atoms with van der Waals surface area (Å²) in [6.07, 6.45) is 2.19. The maximum absolute atomic E-state index is 11.6. The molecule has 2 saturated heterocycles. The molecule has 0 unspecified atom stereocenters. The topological polar surface area (TPSA) is 79.6 Å². The Morgan fingerprint density at radius 1 is 1.41 bits per heavy atom. The number of aryl methyl sites for hydroxylation is 2. The van der Waals surface area contributed by atoms with E-state index >= 15 is 0 Å². The van der Waals surface area contributed by atoms with Crippen LogP contribution in [0.5, 0.6) is 0 Å². The molecular weight excluding hydrogens is 368 g/mol. The lowest BCUT2D eigenvalue weighted by atomic mass is 9.73. The van der Waals surface area contributed by atoms with Gasteiger partial charge in [-0.1, -0.05) is 18.5 Å². The van der Waals surface area contributed by atoms with Crippen LogP contribution in [0.25, 0.3) is 0 Å². The molecule has 1 amide bonds. The van der Waals surface area contributed by atoms with Crippen molar-refractivity contribution in [3.8, 4) is 0 Å². The highest BCUT2D eigenvalue weighted by atomic mass is 35.5. The van der Waals surface area contributed by atoms with E-state index in [1.807, 2.05) is 14.0 Å². The Morgan fingerprint density at radius 3 is 2.67 bits per heavy atom. The molecule has 0 radical (unpaired) electrons. The molecule has 3 heterocycles. The van der Waals surface area contributed by atoms with E-state index in [9.17, 15) is 9.90 Å². The van der Waals surface area contributed by atoms with Gasteiger partial charge in [0.1, 0.15) is 11.3 Å². The summed E-state index contributed by atoms with van der Waals surface area (Å²) in [5.41, 5.74) is 0.882. The molecule has 2 atom stereocenters. The summed E-state index contributed by atoms with van der Waals surface area (Å²) < 4.78 is 7.83. The minimum absolute atomic E-state index is 0.121. The molecule has 1 spiro atoms. The summed E-state index contributed by atoms with van der Waals surface area (Å²) in [4.78, 5) is 13.9. The van der Waals surface area contributed by atoms with Crippen LogP contribution in [0.3, 0.4) is 0 Å². The Kier molecular flexibility index (Phi) is 5.87. The quantitative estimate of drug-likeness (QED) is 0.806. The molecule has 2 aliphatic rings. The van der Waals surface area contributed by atoms with Gasteiger partial charge in [0.05, 0.1) is 16.8 Å². The highest BCUT2D eigenvalue weighted by molar-refractivity contribution is 6.30. The predicted octanol–water partition coefficient (Wildman–Crippen LogP) is 1.65. The van der Waals surface area contributed by atoms with Crippen molar-refractivity contribution in [2.45, 2.75) is 70.2 Å². The average Bonchev–Trinajstić information content (AvgIpc) is 2.89. The summed E-state index contributed by atoms with van der Waals surface area (Å²) in [6.45, 7) is 8.41. The zero-order chi connectivity index (χ0) is 19.8. The van der Waals surface area contributed by atoms with Crippen molar-refractivity contribution in [2.24, 2.45) is 7.05 Å². The molecule has 2 fully saturated rings. The number of halogens is 1. The van der Waals surface area contributed by atoms with E-state index in [2.05, 4.69) is 22.2 Å². The number of amides is 1. The summed E-state index contributed by atoms with van der Waals surface area (Å²) in [5, 5.41) is 19.2. The maximum atomic E-state index is 11.6. The van der Waals surface area contributed by atoms with Gasteiger partial charge in [-0.15, -0.1) is 0 Å². The average molecular weight is 399 g/mol. The van der Waals surface area contributed by atoms with Crippen molar-refractivity contribution in [1.29, 1.82) is 0 Å². The van der Waals surface area contributed by atoms with E-state index in [-0.39, 0.29) is 5.91 Å². The summed E-state index contributed by atoms with van der Waals surface area (Å²) in [5.74, 6) is -0.121. The molecule has 152 valence electrons. The van der Waals surface area contributed by atoms with Gasteiger partial charge in [0.2, 0.25) is 5.91 Å². The number of rotatable bonds is 4. The van der Waals surface area contributed by atoms with Crippen LogP contribution in [0.2, 0.25) is 5.15 Å². The van der Waals surface area contributed by atoms with Crippen LogP contribution >= 0.6 is 11.6 Å². The molecule has 8 heteroatoms. The molecule has 27 heavy (non-hydrogen) atoms. The lowest BCUT2D eigenvalue weighted by Crippen LogP contribution is -2.69. The van der Waals surface area contributed by atoms with Crippen LogP contribution in [-0.2, 0) is 29.5 Å². The highest BCUT2D eigenvalue weighted by Crippen LogP contribution is 2.40. The number of nitrogens with one attached hydrogen (secondary N) is 1. The van der Waals surface area contributed by atoms with Crippen molar-refractivity contribution >= 4 is 17.5 Å². The fraction of sp³-hybridized carbons (Fsp3) is 0.789. The molecule has 1 aromatic heterocycles. The van der Waals surface area contributed by atoms with Gasteiger partial charge in [0.15, 0.2) is 0 Å². The molecule has 2 N–H and O–H groups in total. The molecule has 0 aromatic carbocycles. The number of hydrogen-bond acceptors (Lipinski definition) is 5. The number of ether oxygens (including phenoxy) is 1. The van der Waals surface area contributed by atoms with Crippen molar-refractivity contribution in [2.75, 3.05) is 19.7 Å². The Bertz CT molecular complexity index is 699. The second-order valence-corrected chi connectivity index (χ2v) is 8.49. The van der Waals surface area contributed by atoms with Crippen molar-refractivity contribution < 1.29 is 14.6 Å². The molecule has 3 rings (SSSR count). The third-order valence-corrected chi connectivity index (χ3v) is 6.62. The number of nitrogens with zero attached hydrogens (tertiary/aromatic N) is 3. The minimum atomic E-state index is -0.724. The Labute approximate surface area is 166 Å². The number of aliphatic hydroxyl groups is 1. The Morgan fingerprint density at radius 2 is 2.07 bits per heavy atom. The van der Waals surface area contributed by atoms with Crippen LogP contribution < -0.4 is 5.32 Å². The van der Waals surface area contributed by atoms with Crippen LogP contribution in [0.1, 0.15) is 51.3 Å². The molecular formula is C19H31ClN4O3. The number of carbonyl (C=O) groups is 1. The second-order valence-electron chi connectivity index (χ2n) is 8.13. The number of hydrogen-bond donors (Lipinski definition) is 2. The zero-order valence-electron chi connectivity index (χ0n) is 16.7. The largest absolute Gasteiger partial charge is 0.388 e. The Balaban J connectivity index is 1.68. The van der Waals surface area contributed by atoms with E-state index in [0.29, 0.717) is 18.2 Å². The first-order valence-electron chi connectivity index (χ1n) is 9.74. The van der Waals surface area contributed by atoms with Crippen molar-refractivity contribution in [3.63, 3.8) is 0 Å². The summed E-state index contributed by atoms with van der Waals surface area (Å²) in [7, 11) is 1.87. The number of carbonyl (C=O) groups excluding carboxylic acids is 1. The first-order valence-corrected chi connectivity index (χ1v) is 10.1. The van der Waals surface area contributed by atoms with Gasteiger partial charge >= 0.3 is 0 Å². The van der Waals surface area contributed by atoms with Gasteiger partial charge in [0, 0.05) is 45.8 Å². The first kappa shape index (κ1) is 20.6. The van der Waals surface area contributed by atoms with E-state index in [1.165, 1.54) is 6.92 Å². The minimum Gasteiger partial charge on any atom is -0.388 e. The monoisotopic (exact) mass is 398 g/mol. The predicted molar refractivity (Wildman–Crippen MR) is 104 cm³/mol. The van der Waals surface area contributed by atoms with E-state index < -0.39 is 17.2 Å². The Hall–Kier alpha value is -1.15. The van der Waals surface area contributed by atoms with E-state index in [4.69, 9.17) is 16.3 Å². The van der Waals surface area contributed by atoms with Gasteiger partial charge in [-0.25, -0.2) is 0 Å². The molecule has 0 bridgehead atoms. The summed E-state index contributed by atoms with van der Waals surface area (Å²) >= 11 is 6.43. The zero-order valence-corrected chi connectivity index (χ0v) is 17.5. The number of aromatic nitrogens is 2. The molecule has 7 nitrogen and oxygen atoms in total. The highest BCUT2D eigenvalue weighted by Gasteiger charge is 2.53. The van der Waals surface area contributed by atoms with Gasteiger partial charge in [-0.2, -0.15) is 5.10 Å². The fourth-order valence-electron chi connectivity index (χ4n) is 4.57. The van der Waals surface area contributed by atoms with Crippen molar-refractivity contribution in [1.82, 2.24) is 20.0 Å². The van der Waals surface area contributed by atoms with Gasteiger partial charge in [-0.05, 0) is 32.6 Å². The van der Waals surface area contributed by atoms with E-state index in [1.54, 1.807) is 4.68 Å². The van der Waals surface area contributed by atoms with Crippen molar-refractivity contribution in [3.05, 3.63) is 16.4 Å². The third-order valence-electron chi connectivity index (χ3n) is 6.15. The van der Waals surface area contributed by atoms with Gasteiger partial charge in [-0.3, -0.25) is 14.4 Å². The lowest BCUT2D eigenvalue weighted by Gasteiger charge is -2.53. The van der Waals surface area contributed by atoms with Crippen LogP contribution in [-0.4, -0.2) is 62.6 Å². The smallest absolute Gasteiger partial charge is 0.217 e. The summed E-state index contributed by atoms with van der Waals surface area (Å²) in [6, 6.07) is 0.